The summed E-state index contributed by atoms with van der Waals surface area (Å²) in [7, 11) is 0. The van der Waals surface area contributed by atoms with Crippen LogP contribution in [-0.4, -0.2) is 28.7 Å². The average Bonchev–Trinajstić information content (AvgIpc) is 3.55. The molecule has 0 radical (unpaired) electrons. The number of hydrogen-bond acceptors (Lipinski definition) is 9. The van der Waals surface area contributed by atoms with E-state index in [0.29, 0.717) is 38.7 Å². The minimum absolute atomic E-state index is 0.160. The highest BCUT2D eigenvalue weighted by molar-refractivity contribution is 7.07. The molecule has 4 aromatic rings. The number of benzene rings is 2. The number of carbonyl (C=O) groups is 1. The van der Waals surface area contributed by atoms with Crippen molar-refractivity contribution in [1.82, 2.24) is 4.57 Å². The number of ether oxygens (including phenoxy) is 2. The molecule has 2 aromatic heterocycles. The van der Waals surface area contributed by atoms with Crippen molar-refractivity contribution in [2.75, 3.05) is 13.2 Å². The summed E-state index contributed by atoms with van der Waals surface area (Å²) < 4.78 is 18.6. The first-order chi connectivity index (χ1) is 20.2. The number of furan rings is 1. The fourth-order valence-corrected chi connectivity index (χ4v) is 5.77. The van der Waals surface area contributed by atoms with E-state index in [9.17, 15) is 19.7 Å². The molecule has 0 fully saturated rings. The third kappa shape index (κ3) is 5.56. The minimum atomic E-state index is -0.792. The fraction of sp³-hybridized carbons (Fsp3) is 0.167. The van der Waals surface area contributed by atoms with Crippen molar-refractivity contribution in [2.45, 2.75) is 19.9 Å². The number of hydrogen-bond donors (Lipinski definition) is 0. The molecule has 0 unspecified atom stereocenters. The van der Waals surface area contributed by atoms with Crippen molar-refractivity contribution in [2.24, 2.45) is 4.99 Å². The third-order valence-electron chi connectivity index (χ3n) is 6.40. The van der Waals surface area contributed by atoms with Crippen molar-refractivity contribution in [3.05, 3.63) is 125 Å². The topological polar surface area (TPSA) is 126 Å². The number of thiazole rings is 1. The van der Waals surface area contributed by atoms with Gasteiger partial charge in [-0.05, 0) is 55.8 Å². The zero-order valence-electron chi connectivity index (χ0n) is 22.5. The van der Waals surface area contributed by atoms with E-state index in [0.717, 1.165) is 11.3 Å². The maximum absolute atomic E-state index is 13.8. The van der Waals surface area contributed by atoms with Gasteiger partial charge in [0, 0.05) is 17.2 Å². The van der Waals surface area contributed by atoms with Crippen LogP contribution in [-0.2, 0) is 9.53 Å². The number of nitro groups is 1. The first-order valence-corrected chi connectivity index (χ1v) is 14.0. The standard InChI is InChI=1S/C30H24ClN3O7S/c1-4-14-40-20-9-6-18(7-10-20)27-26(29(36)39-5-2)17(3)32-30-33(27)28(35)25(42-30)16-21-11-13-24(41-21)22-12-8-19(31)15-23(22)34(37)38/h4,6-13,15-16,27H,1,5,14H2,2-3H3/b25-16-/t27-/m1/s1. The molecule has 0 aliphatic carbocycles. The number of aromatic nitrogens is 1. The Balaban J connectivity index is 1.60. The molecule has 214 valence electrons. The zero-order chi connectivity index (χ0) is 30.0. The van der Waals surface area contributed by atoms with E-state index >= 15 is 0 Å². The quantitative estimate of drug-likeness (QED) is 0.111. The second-order valence-corrected chi connectivity index (χ2v) is 10.5. The lowest BCUT2D eigenvalue weighted by atomic mass is 9.96. The molecule has 10 nitrogen and oxygen atoms in total. The first-order valence-electron chi connectivity index (χ1n) is 12.8. The van der Waals surface area contributed by atoms with E-state index in [1.165, 1.54) is 22.8 Å². The van der Waals surface area contributed by atoms with Gasteiger partial charge in [0.2, 0.25) is 0 Å². The van der Waals surface area contributed by atoms with Gasteiger partial charge in [0.05, 0.1) is 38.9 Å². The van der Waals surface area contributed by atoms with E-state index in [1.54, 1.807) is 62.4 Å². The maximum Gasteiger partial charge on any atom is 0.338 e. The van der Waals surface area contributed by atoms with E-state index in [2.05, 4.69) is 11.6 Å². The summed E-state index contributed by atoms with van der Waals surface area (Å²) in [5.41, 5.74) is 1.02. The van der Waals surface area contributed by atoms with E-state index in [1.807, 2.05) is 0 Å². The number of allylic oxidation sites excluding steroid dienone is 1. The van der Waals surface area contributed by atoms with Crippen LogP contribution in [0.4, 0.5) is 5.69 Å². The van der Waals surface area contributed by atoms with Crippen molar-refractivity contribution in [3.8, 4) is 17.1 Å². The highest BCUT2D eigenvalue weighted by atomic mass is 35.5. The molecule has 3 heterocycles. The van der Waals surface area contributed by atoms with Gasteiger partial charge in [0.15, 0.2) is 4.80 Å². The van der Waals surface area contributed by atoms with Crippen LogP contribution >= 0.6 is 22.9 Å². The third-order valence-corrected chi connectivity index (χ3v) is 7.62. The summed E-state index contributed by atoms with van der Waals surface area (Å²) in [4.78, 5) is 42.9. The highest BCUT2D eigenvalue weighted by Crippen LogP contribution is 2.34. The van der Waals surface area contributed by atoms with Gasteiger partial charge in [-0.1, -0.05) is 47.7 Å². The van der Waals surface area contributed by atoms with Crippen LogP contribution in [0.2, 0.25) is 5.02 Å². The summed E-state index contributed by atoms with van der Waals surface area (Å²) in [5, 5.41) is 11.8. The Bertz CT molecular complexity index is 1920. The van der Waals surface area contributed by atoms with Crippen LogP contribution in [0, 0.1) is 10.1 Å². The molecule has 0 saturated heterocycles. The van der Waals surface area contributed by atoms with Crippen molar-refractivity contribution in [3.63, 3.8) is 0 Å². The number of esters is 1. The molecule has 0 spiro atoms. The van der Waals surface area contributed by atoms with Gasteiger partial charge < -0.3 is 13.9 Å². The van der Waals surface area contributed by atoms with Crippen molar-refractivity contribution >= 4 is 40.7 Å². The molecule has 1 atom stereocenters. The summed E-state index contributed by atoms with van der Waals surface area (Å²) in [5.74, 6) is 0.597. The Kier molecular flexibility index (Phi) is 8.23. The number of nitrogens with zero attached hydrogens (tertiary/aromatic N) is 3. The molecule has 1 aliphatic rings. The molecule has 42 heavy (non-hydrogen) atoms. The normalized spacial score (nSPS) is 14.7. The summed E-state index contributed by atoms with van der Waals surface area (Å²) in [6, 6.07) is 13.8. The van der Waals surface area contributed by atoms with E-state index in [-0.39, 0.29) is 39.8 Å². The van der Waals surface area contributed by atoms with Crippen molar-refractivity contribution < 1.29 is 23.6 Å². The Morgan fingerprint density at radius 2 is 2.00 bits per heavy atom. The van der Waals surface area contributed by atoms with Gasteiger partial charge in [0.1, 0.15) is 23.9 Å². The molecule has 0 saturated carbocycles. The highest BCUT2D eigenvalue weighted by Gasteiger charge is 2.33. The van der Waals surface area contributed by atoms with Crippen LogP contribution < -0.4 is 19.6 Å². The monoisotopic (exact) mass is 605 g/mol. The zero-order valence-corrected chi connectivity index (χ0v) is 24.1. The van der Waals surface area contributed by atoms with Gasteiger partial charge in [0.25, 0.3) is 11.2 Å². The lowest BCUT2D eigenvalue weighted by Gasteiger charge is -2.24. The lowest BCUT2D eigenvalue weighted by molar-refractivity contribution is -0.384. The van der Waals surface area contributed by atoms with Crippen molar-refractivity contribution in [1.29, 1.82) is 0 Å². The number of nitro benzene ring substituents is 1. The molecular formula is C30H24ClN3O7S. The minimum Gasteiger partial charge on any atom is -0.490 e. The van der Waals surface area contributed by atoms with Gasteiger partial charge >= 0.3 is 5.97 Å². The summed E-state index contributed by atoms with van der Waals surface area (Å²) >= 11 is 7.08. The Morgan fingerprint density at radius 3 is 2.69 bits per heavy atom. The SMILES string of the molecule is C=CCOc1ccc([C@@H]2C(C(=O)OCC)=C(C)N=c3s/c(=C\c4ccc(-c5ccc(Cl)cc5[N+](=O)[O-])o4)c(=O)n32)cc1. The molecule has 12 heteroatoms. The summed E-state index contributed by atoms with van der Waals surface area (Å²) in [6.07, 6.45) is 3.18. The van der Waals surface area contributed by atoms with Crippen LogP contribution in [0.5, 0.6) is 5.75 Å². The predicted molar refractivity (Wildman–Crippen MR) is 158 cm³/mol. The van der Waals surface area contributed by atoms with Gasteiger partial charge in [-0.3, -0.25) is 19.5 Å². The van der Waals surface area contributed by atoms with E-state index < -0.39 is 16.9 Å². The largest absolute Gasteiger partial charge is 0.490 e. The molecule has 1 aliphatic heterocycles. The summed E-state index contributed by atoms with van der Waals surface area (Å²) in [6.45, 7) is 7.56. The van der Waals surface area contributed by atoms with Crippen LogP contribution in [0.3, 0.4) is 0 Å². The number of fused-ring (bicyclic) bond motifs is 1. The average molecular weight is 606 g/mol. The molecule has 0 N–H and O–H groups in total. The second kappa shape index (κ2) is 12.0. The lowest BCUT2D eigenvalue weighted by Crippen LogP contribution is -2.39. The number of carbonyl (C=O) groups excluding carboxylic acids is 1. The van der Waals surface area contributed by atoms with Gasteiger partial charge in [-0.2, -0.15) is 0 Å². The molecule has 0 bridgehead atoms. The first kappa shape index (κ1) is 28.8. The predicted octanol–water partition coefficient (Wildman–Crippen LogP) is 5.18. The fourth-order valence-electron chi connectivity index (χ4n) is 4.58. The second-order valence-electron chi connectivity index (χ2n) is 9.09. The Hall–Kier alpha value is -4.74. The van der Waals surface area contributed by atoms with Crippen LogP contribution in [0.1, 0.15) is 31.2 Å². The Labute approximate surface area is 248 Å². The molecular weight excluding hydrogens is 582 g/mol. The number of rotatable bonds is 9. The Morgan fingerprint density at radius 1 is 1.24 bits per heavy atom. The van der Waals surface area contributed by atoms with Gasteiger partial charge in [-0.25, -0.2) is 9.79 Å². The van der Waals surface area contributed by atoms with Gasteiger partial charge in [-0.15, -0.1) is 0 Å². The maximum atomic E-state index is 13.8. The smallest absolute Gasteiger partial charge is 0.338 e. The molecule has 2 aromatic carbocycles. The molecule has 5 rings (SSSR count). The number of halogens is 1. The van der Waals surface area contributed by atoms with Crippen LogP contribution in [0.25, 0.3) is 17.4 Å². The van der Waals surface area contributed by atoms with E-state index in [4.69, 9.17) is 25.5 Å². The molecule has 0 amide bonds. The van der Waals surface area contributed by atoms with Crippen LogP contribution in [0.15, 0.2) is 92.7 Å².